The highest BCUT2D eigenvalue weighted by molar-refractivity contribution is 9.11. The molecule has 0 aliphatic heterocycles. The van der Waals surface area contributed by atoms with Gasteiger partial charge in [0.25, 0.3) is 5.69 Å². The Hall–Kier alpha value is -1.40. The van der Waals surface area contributed by atoms with Crippen molar-refractivity contribution in [3.8, 4) is 0 Å². The molecule has 2 aromatic rings. The smallest absolute Gasteiger partial charge is 0.271 e. The predicted molar refractivity (Wildman–Crippen MR) is 72.4 cm³/mol. The molecule has 0 fully saturated rings. The minimum atomic E-state index is -0.396. The molecule has 0 unspecified atom stereocenters. The summed E-state index contributed by atoms with van der Waals surface area (Å²) >= 11 is 5.01. The number of rotatable bonds is 4. The molecule has 1 heterocycles. The summed E-state index contributed by atoms with van der Waals surface area (Å²) in [6.45, 7) is 0.656. The van der Waals surface area contributed by atoms with Gasteiger partial charge < -0.3 is 5.32 Å². The van der Waals surface area contributed by atoms with Gasteiger partial charge in [0.15, 0.2) is 0 Å². The lowest BCUT2D eigenvalue weighted by molar-refractivity contribution is -0.384. The van der Waals surface area contributed by atoms with Crippen molar-refractivity contribution in [1.82, 2.24) is 0 Å². The zero-order valence-corrected chi connectivity index (χ0v) is 11.1. The van der Waals surface area contributed by atoms with E-state index in [1.165, 1.54) is 12.1 Å². The normalized spacial score (nSPS) is 10.2. The zero-order valence-electron chi connectivity index (χ0n) is 8.72. The summed E-state index contributed by atoms with van der Waals surface area (Å²) < 4.78 is 1.08. The van der Waals surface area contributed by atoms with E-state index < -0.39 is 4.92 Å². The van der Waals surface area contributed by atoms with Crippen molar-refractivity contribution in [2.45, 2.75) is 6.54 Å². The number of benzene rings is 1. The van der Waals surface area contributed by atoms with Crippen molar-refractivity contribution >= 4 is 38.6 Å². The topological polar surface area (TPSA) is 55.2 Å². The van der Waals surface area contributed by atoms with Gasteiger partial charge in [0, 0.05) is 24.4 Å². The maximum absolute atomic E-state index is 10.6. The second kappa shape index (κ2) is 5.29. The van der Waals surface area contributed by atoms with Crippen molar-refractivity contribution in [3.63, 3.8) is 0 Å². The molecule has 0 bridgehead atoms. The number of nitro benzene ring substituents is 1. The van der Waals surface area contributed by atoms with Gasteiger partial charge in [-0.3, -0.25) is 10.1 Å². The minimum Gasteiger partial charge on any atom is -0.381 e. The van der Waals surface area contributed by atoms with Crippen LogP contribution in [0.15, 0.2) is 39.5 Å². The van der Waals surface area contributed by atoms with Gasteiger partial charge in [-0.2, -0.15) is 0 Å². The van der Waals surface area contributed by atoms with E-state index in [0.29, 0.717) is 6.54 Å². The largest absolute Gasteiger partial charge is 0.381 e. The van der Waals surface area contributed by atoms with Gasteiger partial charge in [-0.1, -0.05) is 6.07 Å². The summed E-state index contributed by atoms with van der Waals surface area (Å²) in [4.78, 5) is 10.2. The van der Waals surface area contributed by atoms with E-state index in [9.17, 15) is 10.1 Å². The maximum atomic E-state index is 10.6. The van der Waals surface area contributed by atoms with E-state index in [-0.39, 0.29) is 5.69 Å². The highest BCUT2D eigenvalue weighted by atomic mass is 79.9. The van der Waals surface area contributed by atoms with Crippen LogP contribution in [0.1, 0.15) is 5.56 Å². The Morgan fingerprint density at radius 1 is 1.41 bits per heavy atom. The molecular formula is C11H9BrN2O2S. The number of nitrogens with one attached hydrogen (secondary N) is 1. The van der Waals surface area contributed by atoms with Gasteiger partial charge in [0.05, 0.1) is 8.71 Å². The Morgan fingerprint density at radius 2 is 2.24 bits per heavy atom. The van der Waals surface area contributed by atoms with Crippen LogP contribution in [0.3, 0.4) is 0 Å². The van der Waals surface area contributed by atoms with Crippen molar-refractivity contribution in [3.05, 3.63) is 55.2 Å². The maximum Gasteiger partial charge on any atom is 0.271 e. The molecule has 0 spiro atoms. The minimum absolute atomic E-state index is 0.0986. The Morgan fingerprint density at radius 3 is 2.88 bits per heavy atom. The van der Waals surface area contributed by atoms with Crippen LogP contribution in [0.2, 0.25) is 0 Å². The van der Waals surface area contributed by atoms with Crippen LogP contribution >= 0.6 is 27.3 Å². The van der Waals surface area contributed by atoms with E-state index in [1.54, 1.807) is 17.4 Å². The Labute approximate surface area is 111 Å². The van der Waals surface area contributed by atoms with E-state index in [1.807, 2.05) is 17.5 Å². The predicted octanol–water partition coefficient (Wildman–Crippen LogP) is 4.03. The first kappa shape index (κ1) is 12.1. The molecule has 2 rings (SSSR count). The highest BCUT2D eigenvalue weighted by Gasteiger charge is 2.05. The molecule has 88 valence electrons. The van der Waals surface area contributed by atoms with Crippen LogP contribution in [0.25, 0.3) is 0 Å². The standard InChI is InChI=1S/C11H9BrN2O2S/c12-11-4-8(7-17-11)6-13-9-2-1-3-10(5-9)14(15)16/h1-5,7,13H,6H2. The van der Waals surface area contributed by atoms with E-state index in [0.717, 1.165) is 15.0 Å². The third kappa shape index (κ3) is 3.28. The van der Waals surface area contributed by atoms with Crippen molar-refractivity contribution in [2.24, 2.45) is 0 Å². The number of hydrogen-bond acceptors (Lipinski definition) is 4. The summed E-state index contributed by atoms with van der Waals surface area (Å²) in [5, 5.41) is 15.8. The second-order valence-electron chi connectivity index (χ2n) is 3.42. The molecule has 1 N–H and O–H groups in total. The number of non-ortho nitro benzene ring substituents is 1. The van der Waals surface area contributed by atoms with E-state index in [2.05, 4.69) is 21.2 Å². The summed E-state index contributed by atoms with van der Waals surface area (Å²) in [6, 6.07) is 8.52. The molecule has 6 heteroatoms. The molecule has 17 heavy (non-hydrogen) atoms. The molecule has 4 nitrogen and oxygen atoms in total. The Balaban J connectivity index is 2.04. The molecule has 0 aliphatic carbocycles. The third-order valence-electron chi connectivity index (χ3n) is 2.18. The molecule has 1 aromatic heterocycles. The lowest BCUT2D eigenvalue weighted by atomic mass is 10.2. The fourth-order valence-corrected chi connectivity index (χ4v) is 2.58. The van der Waals surface area contributed by atoms with Gasteiger partial charge in [0.1, 0.15) is 0 Å². The zero-order chi connectivity index (χ0) is 12.3. The number of halogens is 1. The first-order valence-electron chi connectivity index (χ1n) is 4.86. The quantitative estimate of drug-likeness (QED) is 0.685. The molecule has 0 amide bonds. The SMILES string of the molecule is O=[N+]([O-])c1cccc(NCc2csc(Br)c2)c1. The molecular weight excluding hydrogens is 304 g/mol. The summed E-state index contributed by atoms with van der Waals surface area (Å²) in [5.41, 5.74) is 2.00. The van der Waals surface area contributed by atoms with Crippen LogP contribution < -0.4 is 5.32 Å². The molecule has 0 saturated heterocycles. The molecule has 0 aliphatic rings. The van der Waals surface area contributed by atoms with Gasteiger partial charge >= 0.3 is 0 Å². The first-order valence-corrected chi connectivity index (χ1v) is 6.53. The Bertz CT molecular complexity index is 542. The van der Waals surface area contributed by atoms with Gasteiger partial charge in [-0.05, 0) is 39.0 Å². The molecule has 1 aromatic carbocycles. The highest BCUT2D eigenvalue weighted by Crippen LogP contribution is 2.22. The van der Waals surface area contributed by atoms with Gasteiger partial charge in [-0.15, -0.1) is 11.3 Å². The van der Waals surface area contributed by atoms with Gasteiger partial charge in [-0.25, -0.2) is 0 Å². The number of hydrogen-bond donors (Lipinski definition) is 1. The number of anilines is 1. The lowest BCUT2D eigenvalue weighted by Gasteiger charge is -2.04. The fourth-order valence-electron chi connectivity index (χ4n) is 1.37. The van der Waals surface area contributed by atoms with Crippen molar-refractivity contribution in [2.75, 3.05) is 5.32 Å². The van der Waals surface area contributed by atoms with Gasteiger partial charge in [0.2, 0.25) is 0 Å². The number of nitrogens with zero attached hydrogens (tertiary/aromatic N) is 1. The first-order chi connectivity index (χ1) is 8.15. The van der Waals surface area contributed by atoms with E-state index >= 15 is 0 Å². The number of thiophene rings is 1. The van der Waals surface area contributed by atoms with Crippen molar-refractivity contribution in [1.29, 1.82) is 0 Å². The summed E-state index contributed by atoms with van der Waals surface area (Å²) in [5.74, 6) is 0. The molecule has 0 radical (unpaired) electrons. The number of nitro groups is 1. The van der Waals surface area contributed by atoms with Crippen LogP contribution in [-0.2, 0) is 6.54 Å². The van der Waals surface area contributed by atoms with Crippen LogP contribution in [0.5, 0.6) is 0 Å². The van der Waals surface area contributed by atoms with Crippen LogP contribution in [0, 0.1) is 10.1 Å². The summed E-state index contributed by atoms with van der Waals surface area (Å²) in [7, 11) is 0. The lowest BCUT2D eigenvalue weighted by Crippen LogP contribution is -1.98. The molecule has 0 saturated carbocycles. The average Bonchev–Trinajstić information content (AvgIpc) is 2.73. The Kier molecular flexibility index (Phi) is 3.75. The van der Waals surface area contributed by atoms with Crippen LogP contribution in [-0.4, -0.2) is 4.92 Å². The van der Waals surface area contributed by atoms with Crippen LogP contribution in [0.4, 0.5) is 11.4 Å². The van der Waals surface area contributed by atoms with Crippen molar-refractivity contribution < 1.29 is 4.92 Å². The summed E-state index contributed by atoms with van der Waals surface area (Å²) in [6.07, 6.45) is 0. The third-order valence-corrected chi connectivity index (χ3v) is 3.73. The monoisotopic (exact) mass is 312 g/mol. The average molecular weight is 313 g/mol. The van der Waals surface area contributed by atoms with E-state index in [4.69, 9.17) is 0 Å². The fraction of sp³-hybridized carbons (Fsp3) is 0.0909. The second-order valence-corrected chi connectivity index (χ2v) is 5.71. The molecule has 0 atom stereocenters.